The van der Waals surface area contributed by atoms with E-state index in [1.807, 2.05) is 64.1 Å². The van der Waals surface area contributed by atoms with Gasteiger partial charge in [0.1, 0.15) is 5.75 Å². The maximum absolute atomic E-state index is 12.2. The molecule has 5 nitrogen and oxygen atoms in total. The van der Waals surface area contributed by atoms with Crippen LogP contribution in [0, 0.1) is 27.7 Å². The molecule has 0 aliphatic carbocycles. The number of aryl methyl sites for hydroxylation is 4. The van der Waals surface area contributed by atoms with Crippen molar-refractivity contribution in [1.82, 2.24) is 4.90 Å². The van der Waals surface area contributed by atoms with Crippen LogP contribution in [0.1, 0.15) is 22.3 Å². The minimum atomic E-state index is -0.249. The van der Waals surface area contributed by atoms with Gasteiger partial charge in [-0.2, -0.15) is 0 Å². The molecule has 0 aliphatic heterocycles. The topological polar surface area (TPSA) is 58.6 Å². The molecule has 0 atom stereocenters. The van der Waals surface area contributed by atoms with Crippen LogP contribution in [-0.2, 0) is 9.59 Å². The Morgan fingerprint density at radius 1 is 1.00 bits per heavy atom. The standard InChI is InChI=1S/C21H26N2O3/c1-14-9-15(2)11-18(10-14)26-13-20(25)23(5)12-19(24)22-21-16(3)7-6-8-17(21)4/h6-11H,12-13H2,1-5H3,(H,22,24). The van der Waals surface area contributed by atoms with E-state index in [0.29, 0.717) is 5.75 Å². The Balaban J connectivity index is 1.89. The van der Waals surface area contributed by atoms with E-state index in [4.69, 9.17) is 4.74 Å². The van der Waals surface area contributed by atoms with Gasteiger partial charge in [-0.1, -0.05) is 24.3 Å². The summed E-state index contributed by atoms with van der Waals surface area (Å²) in [6, 6.07) is 11.6. The number of para-hydroxylation sites is 1. The summed E-state index contributed by atoms with van der Waals surface area (Å²) >= 11 is 0. The van der Waals surface area contributed by atoms with Gasteiger partial charge < -0.3 is 15.0 Å². The molecule has 26 heavy (non-hydrogen) atoms. The fraction of sp³-hybridized carbons (Fsp3) is 0.333. The first-order valence-electron chi connectivity index (χ1n) is 8.57. The summed E-state index contributed by atoms with van der Waals surface area (Å²) in [5, 5.41) is 2.88. The van der Waals surface area contributed by atoms with Crippen molar-refractivity contribution in [2.75, 3.05) is 25.5 Å². The Labute approximate surface area is 155 Å². The largest absolute Gasteiger partial charge is 0.484 e. The second-order valence-electron chi connectivity index (χ2n) is 6.68. The molecule has 0 heterocycles. The molecular weight excluding hydrogens is 328 g/mol. The van der Waals surface area contributed by atoms with Gasteiger partial charge in [0.25, 0.3) is 5.91 Å². The van der Waals surface area contributed by atoms with Crippen LogP contribution < -0.4 is 10.1 Å². The van der Waals surface area contributed by atoms with Crippen molar-refractivity contribution in [2.24, 2.45) is 0 Å². The summed E-state index contributed by atoms with van der Waals surface area (Å²) in [5.74, 6) is 0.176. The molecule has 0 spiro atoms. The monoisotopic (exact) mass is 354 g/mol. The first-order valence-corrected chi connectivity index (χ1v) is 8.57. The fourth-order valence-corrected chi connectivity index (χ4v) is 2.77. The maximum atomic E-state index is 12.2. The Morgan fingerprint density at radius 3 is 2.15 bits per heavy atom. The molecule has 0 aromatic heterocycles. The minimum absolute atomic E-state index is 0.0250. The molecule has 0 saturated heterocycles. The van der Waals surface area contributed by atoms with Crippen molar-refractivity contribution < 1.29 is 14.3 Å². The molecule has 0 saturated carbocycles. The third kappa shape index (κ3) is 5.34. The molecule has 0 unspecified atom stereocenters. The van der Waals surface area contributed by atoms with Crippen LogP contribution in [-0.4, -0.2) is 36.9 Å². The van der Waals surface area contributed by atoms with Gasteiger partial charge in [0, 0.05) is 12.7 Å². The van der Waals surface area contributed by atoms with Crippen LogP contribution in [0.4, 0.5) is 5.69 Å². The number of hydrogen-bond donors (Lipinski definition) is 1. The molecule has 2 aromatic rings. The van der Waals surface area contributed by atoms with E-state index in [-0.39, 0.29) is 25.0 Å². The molecular formula is C21H26N2O3. The summed E-state index contributed by atoms with van der Waals surface area (Å²) in [6.45, 7) is 7.71. The Bertz CT molecular complexity index is 774. The molecule has 0 fully saturated rings. The number of nitrogens with zero attached hydrogens (tertiary/aromatic N) is 1. The van der Waals surface area contributed by atoms with E-state index >= 15 is 0 Å². The van der Waals surface area contributed by atoms with E-state index in [1.165, 1.54) is 4.90 Å². The van der Waals surface area contributed by atoms with E-state index in [2.05, 4.69) is 5.32 Å². The smallest absolute Gasteiger partial charge is 0.260 e. The molecule has 2 amide bonds. The number of likely N-dealkylation sites (N-methyl/N-ethyl adjacent to an activating group) is 1. The molecule has 0 bridgehead atoms. The Kier molecular flexibility index (Phi) is 6.39. The first-order chi connectivity index (χ1) is 12.3. The number of nitrogens with one attached hydrogen (secondary N) is 1. The van der Waals surface area contributed by atoms with Gasteiger partial charge in [0.05, 0.1) is 6.54 Å². The number of ether oxygens (including phenoxy) is 1. The van der Waals surface area contributed by atoms with Crippen molar-refractivity contribution in [1.29, 1.82) is 0 Å². The highest BCUT2D eigenvalue weighted by molar-refractivity contribution is 5.95. The zero-order valence-corrected chi connectivity index (χ0v) is 16.1. The van der Waals surface area contributed by atoms with Gasteiger partial charge in [0.2, 0.25) is 5.91 Å². The molecule has 2 aromatic carbocycles. The number of hydrogen-bond acceptors (Lipinski definition) is 3. The molecule has 0 radical (unpaired) electrons. The average Bonchev–Trinajstić information content (AvgIpc) is 2.55. The Hall–Kier alpha value is -2.82. The van der Waals surface area contributed by atoms with E-state index in [1.54, 1.807) is 7.05 Å². The normalized spacial score (nSPS) is 10.3. The van der Waals surface area contributed by atoms with Gasteiger partial charge in [-0.25, -0.2) is 0 Å². The molecule has 0 aliphatic rings. The van der Waals surface area contributed by atoms with E-state index in [0.717, 1.165) is 27.9 Å². The third-order valence-corrected chi connectivity index (χ3v) is 4.11. The van der Waals surface area contributed by atoms with Gasteiger partial charge in [-0.05, 0) is 62.1 Å². The molecule has 1 N–H and O–H groups in total. The van der Waals surface area contributed by atoms with Crippen LogP contribution >= 0.6 is 0 Å². The predicted octanol–water partition coefficient (Wildman–Crippen LogP) is 3.40. The highest BCUT2D eigenvalue weighted by Gasteiger charge is 2.15. The fourth-order valence-electron chi connectivity index (χ4n) is 2.77. The van der Waals surface area contributed by atoms with Crippen LogP contribution in [0.2, 0.25) is 0 Å². The quantitative estimate of drug-likeness (QED) is 0.865. The van der Waals surface area contributed by atoms with Crippen LogP contribution in [0.15, 0.2) is 36.4 Å². The number of carbonyl (C=O) groups excluding carboxylic acids is 2. The SMILES string of the molecule is Cc1cc(C)cc(OCC(=O)N(C)CC(=O)Nc2c(C)cccc2C)c1. The summed E-state index contributed by atoms with van der Waals surface area (Å²) in [6.07, 6.45) is 0. The summed E-state index contributed by atoms with van der Waals surface area (Å²) in [4.78, 5) is 25.8. The lowest BCUT2D eigenvalue weighted by atomic mass is 10.1. The van der Waals surface area contributed by atoms with Gasteiger partial charge in [-0.3, -0.25) is 9.59 Å². The highest BCUT2D eigenvalue weighted by Crippen LogP contribution is 2.19. The van der Waals surface area contributed by atoms with Crippen LogP contribution in [0.3, 0.4) is 0 Å². The lowest BCUT2D eigenvalue weighted by Crippen LogP contribution is -2.37. The molecule has 2 rings (SSSR count). The molecule has 5 heteroatoms. The first kappa shape index (κ1) is 19.5. The summed E-state index contributed by atoms with van der Waals surface area (Å²) in [5.41, 5.74) is 4.93. The summed E-state index contributed by atoms with van der Waals surface area (Å²) < 4.78 is 5.57. The van der Waals surface area contributed by atoms with Gasteiger partial charge in [-0.15, -0.1) is 0 Å². The molecule has 138 valence electrons. The van der Waals surface area contributed by atoms with Crippen molar-refractivity contribution in [3.05, 3.63) is 58.7 Å². The van der Waals surface area contributed by atoms with Crippen molar-refractivity contribution in [2.45, 2.75) is 27.7 Å². The van der Waals surface area contributed by atoms with Gasteiger partial charge in [0.15, 0.2) is 6.61 Å². The zero-order chi connectivity index (χ0) is 19.3. The van der Waals surface area contributed by atoms with Crippen LogP contribution in [0.25, 0.3) is 0 Å². The highest BCUT2D eigenvalue weighted by atomic mass is 16.5. The van der Waals surface area contributed by atoms with Crippen molar-refractivity contribution in [3.8, 4) is 5.75 Å². The lowest BCUT2D eigenvalue weighted by molar-refractivity contribution is -0.135. The zero-order valence-electron chi connectivity index (χ0n) is 16.1. The summed E-state index contributed by atoms with van der Waals surface area (Å²) in [7, 11) is 1.59. The second kappa shape index (κ2) is 8.52. The minimum Gasteiger partial charge on any atom is -0.484 e. The Morgan fingerprint density at radius 2 is 1.58 bits per heavy atom. The second-order valence-corrected chi connectivity index (χ2v) is 6.68. The van der Waals surface area contributed by atoms with E-state index in [9.17, 15) is 9.59 Å². The lowest BCUT2D eigenvalue weighted by Gasteiger charge is -2.18. The number of rotatable bonds is 6. The van der Waals surface area contributed by atoms with Crippen molar-refractivity contribution >= 4 is 17.5 Å². The van der Waals surface area contributed by atoms with Gasteiger partial charge >= 0.3 is 0 Å². The number of benzene rings is 2. The number of anilines is 1. The average molecular weight is 354 g/mol. The van der Waals surface area contributed by atoms with Crippen LogP contribution in [0.5, 0.6) is 5.75 Å². The third-order valence-electron chi connectivity index (χ3n) is 4.11. The maximum Gasteiger partial charge on any atom is 0.260 e. The van der Waals surface area contributed by atoms with E-state index < -0.39 is 0 Å². The van der Waals surface area contributed by atoms with Crippen molar-refractivity contribution in [3.63, 3.8) is 0 Å². The number of carbonyl (C=O) groups is 2. The number of amides is 2. The predicted molar refractivity (Wildman–Crippen MR) is 104 cm³/mol.